The standard InChI is InChI=1S/C13H18ClNO2/c1-2-3-8-17-10-12-6-4-11(5-7-12)9-13(14)15-16/h4-7,16H,2-3,8-10H2,1H3/b15-13+. The van der Waals surface area contributed by atoms with Crippen molar-refractivity contribution < 1.29 is 9.94 Å². The van der Waals surface area contributed by atoms with Gasteiger partial charge in [-0.15, -0.1) is 0 Å². The Morgan fingerprint density at radius 3 is 2.53 bits per heavy atom. The molecule has 0 heterocycles. The van der Waals surface area contributed by atoms with Crippen molar-refractivity contribution in [3.63, 3.8) is 0 Å². The van der Waals surface area contributed by atoms with Crippen molar-refractivity contribution in [3.8, 4) is 0 Å². The molecule has 1 aromatic carbocycles. The SMILES string of the molecule is CCCCOCc1ccc(C/C(Cl)=N\O)cc1. The zero-order chi connectivity index (χ0) is 12.5. The summed E-state index contributed by atoms with van der Waals surface area (Å²) in [4.78, 5) is 0. The summed E-state index contributed by atoms with van der Waals surface area (Å²) in [6.07, 6.45) is 2.70. The number of hydrogen-bond acceptors (Lipinski definition) is 3. The summed E-state index contributed by atoms with van der Waals surface area (Å²) < 4.78 is 5.51. The third-order valence-corrected chi connectivity index (χ3v) is 2.60. The lowest BCUT2D eigenvalue weighted by Crippen LogP contribution is -1.97. The first kappa shape index (κ1) is 14.0. The normalized spacial score (nSPS) is 11.8. The lowest BCUT2D eigenvalue weighted by molar-refractivity contribution is 0.118. The van der Waals surface area contributed by atoms with Crippen LogP contribution in [0.3, 0.4) is 0 Å². The number of unbranched alkanes of at least 4 members (excludes halogenated alkanes) is 1. The smallest absolute Gasteiger partial charge is 0.149 e. The van der Waals surface area contributed by atoms with E-state index in [1.165, 1.54) is 0 Å². The highest BCUT2D eigenvalue weighted by Gasteiger charge is 1.99. The minimum atomic E-state index is 0.192. The molecule has 0 bridgehead atoms. The van der Waals surface area contributed by atoms with Crippen molar-refractivity contribution in [1.82, 2.24) is 0 Å². The van der Waals surface area contributed by atoms with E-state index in [1.54, 1.807) is 0 Å². The molecule has 3 nitrogen and oxygen atoms in total. The van der Waals surface area contributed by atoms with Crippen LogP contribution in [-0.2, 0) is 17.8 Å². The quantitative estimate of drug-likeness (QED) is 0.350. The molecule has 0 aromatic heterocycles. The molecule has 0 aliphatic heterocycles. The summed E-state index contributed by atoms with van der Waals surface area (Å²) in [5, 5.41) is 11.6. The van der Waals surface area contributed by atoms with Gasteiger partial charge in [-0.3, -0.25) is 0 Å². The summed E-state index contributed by atoms with van der Waals surface area (Å²) in [5.41, 5.74) is 2.16. The van der Waals surface area contributed by atoms with Crippen molar-refractivity contribution in [2.24, 2.45) is 5.16 Å². The summed E-state index contributed by atoms with van der Waals surface area (Å²) in [7, 11) is 0. The fraction of sp³-hybridized carbons (Fsp3) is 0.462. The number of benzene rings is 1. The van der Waals surface area contributed by atoms with Crippen LogP contribution in [0.15, 0.2) is 29.4 Å². The van der Waals surface area contributed by atoms with E-state index in [0.29, 0.717) is 13.0 Å². The largest absolute Gasteiger partial charge is 0.410 e. The van der Waals surface area contributed by atoms with E-state index in [0.717, 1.165) is 30.6 Å². The maximum atomic E-state index is 8.45. The first-order chi connectivity index (χ1) is 8.26. The second-order valence-corrected chi connectivity index (χ2v) is 4.31. The molecule has 0 unspecified atom stereocenters. The Labute approximate surface area is 107 Å². The second kappa shape index (κ2) is 8.09. The van der Waals surface area contributed by atoms with Crippen LogP contribution in [0.2, 0.25) is 0 Å². The molecule has 1 rings (SSSR count). The third kappa shape index (κ3) is 5.71. The lowest BCUT2D eigenvalue weighted by Gasteiger charge is -2.04. The highest BCUT2D eigenvalue weighted by atomic mass is 35.5. The molecule has 0 atom stereocenters. The molecule has 1 aromatic rings. The first-order valence-corrected chi connectivity index (χ1v) is 6.16. The van der Waals surface area contributed by atoms with Gasteiger partial charge < -0.3 is 9.94 Å². The minimum Gasteiger partial charge on any atom is -0.410 e. The lowest BCUT2D eigenvalue weighted by atomic mass is 10.1. The van der Waals surface area contributed by atoms with Crippen LogP contribution in [0.4, 0.5) is 0 Å². The van der Waals surface area contributed by atoms with E-state index < -0.39 is 0 Å². The highest BCUT2D eigenvalue weighted by molar-refractivity contribution is 6.65. The Morgan fingerprint density at radius 2 is 1.94 bits per heavy atom. The van der Waals surface area contributed by atoms with Crippen LogP contribution in [0, 0.1) is 0 Å². The van der Waals surface area contributed by atoms with Gasteiger partial charge in [-0.25, -0.2) is 0 Å². The number of hydrogen-bond donors (Lipinski definition) is 1. The van der Waals surface area contributed by atoms with E-state index in [1.807, 2.05) is 24.3 Å². The van der Waals surface area contributed by atoms with Gasteiger partial charge in [0.15, 0.2) is 0 Å². The van der Waals surface area contributed by atoms with Gasteiger partial charge in [0.05, 0.1) is 6.61 Å². The predicted octanol–water partition coefficient (Wildman–Crippen LogP) is 3.57. The zero-order valence-corrected chi connectivity index (χ0v) is 10.8. The molecular weight excluding hydrogens is 238 g/mol. The number of halogens is 1. The molecular formula is C13H18ClNO2. The molecule has 94 valence electrons. The third-order valence-electron chi connectivity index (χ3n) is 2.39. The maximum Gasteiger partial charge on any atom is 0.149 e. The number of oxime groups is 1. The number of nitrogens with zero attached hydrogens (tertiary/aromatic N) is 1. The van der Waals surface area contributed by atoms with Crippen molar-refractivity contribution in [2.45, 2.75) is 32.8 Å². The second-order valence-electron chi connectivity index (χ2n) is 3.88. The van der Waals surface area contributed by atoms with Crippen LogP contribution in [0.25, 0.3) is 0 Å². The number of ether oxygens (including phenoxy) is 1. The van der Waals surface area contributed by atoms with Gasteiger partial charge in [0.2, 0.25) is 0 Å². The molecule has 17 heavy (non-hydrogen) atoms. The molecule has 0 fully saturated rings. The molecule has 0 spiro atoms. The van der Waals surface area contributed by atoms with Crippen LogP contribution < -0.4 is 0 Å². The maximum absolute atomic E-state index is 8.45. The Kier molecular flexibility index (Phi) is 6.67. The molecule has 0 saturated heterocycles. The summed E-state index contributed by atoms with van der Waals surface area (Å²) in [5.74, 6) is 0. The fourth-order valence-electron chi connectivity index (χ4n) is 1.39. The van der Waals surface area contributed by atoms with Gasteiger partial charge in [0.1, 0.15) is 5.17 Å². The Balaban J connectivity index is 2.39. The van der Waals surface area contributed by atoms with Gasteiger partial charge >= 0.3 is 0 Å². The molecule has 0 aliphatic carbocycles. The molecule has 0 aliphatic rings. The van der Waals surface area contributed by atoms with Crippen molar-refractivity contribution >= 4 is 16.8 Å². The highest BCUT2D eigenvalue weighted by Crippen LogP contribution is 2.08. The number of rotatable bonds is 7. The molecule has 0 saturated carbocycles. The van der Waals surface area contributed by atoms with E-state index in [-0.39, 0.29) is 5.17 Å². The van der Waals surface area contributed by atoms with E-state index in [2.05, 4.69) is 12.1 Å². The van der Waals surface area contributed by atoms with Crippen LogP contribution in [0.5, 0.6) is 0 Å². The first-order valence-electron chi connectivity index (χ1n) is 5.78. The van der Waals surface area contributed by atoms with Crippen molar-refractivity contribution in [3.05, 3.63) is 35.4 Å². The van der Waals surface area contributed by atoms with Gasteiger partial charge in [-0.2, -0.15) is 0 Å². The Hall–Kier alpha value is -1.06. The van der Waals surface area contributed by atoms with Crippen LogP contribution >= 0.6 is 11.6 Å². The Morgan fingerprint density at radius 1 is 1.29 bits per heavy atom. The van der Waals surface area contributed by atoms with Crippen molar-refractivity contribution in [2.75, 3.05) is 6.61 Å². The van der Waals surface area contributed by atoms with E-state index >= 15 is 0 Å². The molecule has 1 N–H and O–H groups in total. The van der Waals surface area contributed by atoms with Crippen LogP contribution in [0.1, 0.15) is 30.9 Å². The summed E-state index contributed by atoms with van der Waals surface area (Å²) in [6, 6.07) is 7.93. The van der Waals surface area contributed by atoms with Gasteiger partial charge in [-0.05, 0) is 17.5 Å². The topological polar surface area (TPSA) is 41.8 Å². The van der Waals surface area contributed by atoms with Gasteiger partial charge in [0.25, 0.3) is 0 Å². The summed E-state index contributed by atoms with van der Waals surface area (Å²) in [6.45, 7) is 3.59. The van der Waals surface area contributed by atoms with Crippen molar-refractivity contribution in [1.29, 1.82) is 0 Å². The van der Waals surface area contributed by atoms with E-state index in [4.69, 9.17) is 21.5 Å². The molecule has 0 amide bonds. The van der Waals surface area contributed by atoms with Gasteiger partial charge in [0, 0.05) is 13.0 Å². The average Bonchev–Trinajstić information content (AvgIpc) is 2.36. The zero-order valence-electron chi connectivity index (χ0n) is 10.0. The fourth-order valence-corrected chi connectivity index (χ4v) is 1.55. The monoisotopic (exact) mass is 255 g/mol. The van der Waals surface area contributed by atoms with Gasteiger partial charge in [-0.1, -0.05) is 54.4 Å². The Bertz CT molecular complexity index is 349. The molecule has 0 radical (unpaired) electrons. The average molecular weight is 256 g/mol. The minimum absolute atomic E-state index is 0.192. The summed E-state index contributed by atoms with van der Waals surface area (Å²) >= 11 is 5.63. The van der Waals surface area contributed by atoms with E-state index in [9.17, 15) is 0 Å². The predicted molar refractivity (Wildman–Crippen MR) is 69.8 cm³/mol. The van der Waals surface area contributed by atoms with Crippen LogP contribution in [-0.4, -0.2) is 17.0 Å². The molecule has 4 heteroatoms.